The smallest absolute Gasteiger partial charge is 0.244 e. The lowest BCUT2D eigenvalue weighted by atomic mass is 10.0. The molecule has 0 aliphatic heterocycles. The maximum atomic E-state index is 14.1. The second-order valence-electron chi connectivity index (χ2n) is 9.98. The third kappa shape index (κ3) is 8.69. The van der Waals surface area contributed by atoms with Crippen LogP contribution in [0, 0.1) is 5.82 Å². The van der Waals surface area contributed by atoms with E-state index in [1.165, 1.54) is 55.5 Å². The van der Waals surface area contributed by atoms with E-state index in [9.17, 15) is 22.4 Å². The van der Waals surface area contributed by atoms with Crippen LogP contribution in [0.1, 0.15) is 31.4 Å². The number of hydrogen-bond donors (Lipinski definition) is 1. The lowest BCUT2D eigenvalue weighted by Gasteiger charge is -2.34. The van der Waals surface area contributed by atoms with E-state index < -0.39 is 34.3 Å². The Balaban J connectivity index is 2.07. The second-order valence-corrected chi connectivity index (χ2v) is 11.9. The molecule has 3 rings (SSSR count). The van der Waals surface area contributed by atoms with Crippen molar-refractivity contribution in [2.24, 2.45) is 0 Å². The summed E-state index contributed by atoms with van der Waals surface area (Å²) in [5, 5.41) is 2.97. The zero-order valence-corrected chi connectivity index (χ0v) is 25.4. The van der Waals surface area contributed by atoms with Crippen molar-refractivity contribution in [3.63, 3.8) is 0 Å². The van der Waals surface area contributed by atoms with Crippen LogP contribution in [0.3, 0.4) is 0 Å². The van der Waals surface area contributed by atoms with E-state index in [0.29, 0.717) is 17.7 Å². The van der Waals surface area contributed by atoms with Crippen LogP contribution in [-0.2, 0) is 32.6 Å². The lowest BCUT2D eigenvalue weighted by Crippen LogP contribution is -2.54. The minimum atomic E-state index is -3.96. The molecule has 0 aromatic heterocycles. The highest BCUT2D eigenvalue weighted by atomic mass is 32.2. The Kier molecular flexibility index (Phi) is 11.3. The molecule has 42 heavy (non-hydrogen) atoms. The van der Waals surface area contributed by atoms with Gasteiger partial charge in [0.05, 0.1) is 26.2 Å². The monoisotopic (exact) mass is 599 g/mol. The van der Waals surface area contributed by atoms with Crippen LogP contribution in [-0.4, -0.2) is 64.2 Å². The molecular formula is C31H38FN3O6S. The van der Waals surface area contributed by atoms with E-state index in [1.54, 1.807) is 6.07 Å². The van der Waals surface area contributed by atoms with E-state index in [4.69, 9.17) is 9.47 Å². The van der Waals surface area contributed by atoms with Gasteiger partial charge in [-0.15, -0.1) is 0 Å². The molecule has 0 aliphatic carbocycles. The fraction of sp³-hybridized carbons (Fsp3) is 0.355. The van der Waals surface area contributed by atoms with Gasteiger partial charge in [-0.2, -0.15) is 0 Å². The van der Waals surface area contributed by atoms with Gasteiger partial charge in [-0.1, -0.05) is 49.4 Å². The molecule has 1 N–H and O–H groups in total. The number of halogens is 1. The lowest BCUT2D eigenvalue weighted by molar-refractivity contribution is -0.140. The van der Waals surface area contributed by atoms with Crippen molar-refractivity contribution in [2.75, 3.05) is 31.3 Å². The summed E-state index contributed by atoms with van der Waals surface area (Å²) in [5.74, 6) is -0.748. The molecule has 0 heterocycles. The number of methoxy groups -OCH3 is 2. The largest absolute Gasteiger partial charge is 0.493 e. The molecule has 0 saturated heterocycles. The Morgan fingerprint density at radius 3 is 2.14 bits per heavy atom. The van der Waals surface area contributed by atoms with Gasteiger partial charge in [0.15, 0.2) is 11.5 Å². The first-order valence-electron chi connectivity index (χ1n) is 13.5. The Labute approximate surface area is 247 Å². The van der Waals surface area contributed by atoms with E-state index in [-0.39, 0.29) is 36.4 Å². The summed E-state index contributed by atoms with van der Waals surface area (Å²) in [4.78, 5) is 29.2. The summed E-state index contributed by atoms with van der Waals surface area (Å²) in [6, 6.07) is 18.3. The Bertz CT molecular complexity index is 1450. The Morgan fingerprint density at radius 1 is 0.929 bits per heavy atom. The van der Waals surface area contributed by atoms with Gasteiger partial charge >= 0.3 is 0 Å². The van der Waals surface area contributed by atoms with Gasteiger partial charge in [0.2, 0.25) is 21.8 Å². The van der Waals surface area contributed by atoms with Crippen LogP contribution in [0.2, 0.25) is 0 Å². The fourth-order valence-corrected chi connectivity index (χ4v) is 5.22. The number of benzene rings is 3. The highest BCUT2D eigenvalue weighted by Gasteiger charge is 2.33. The quantitative estimate of drug-likeness (QED) is 0.298. The molecule has 0 fully saturated rings. The first-order valence-corrected chi connectivity index (χ1v) is 15.4. The number of anilines is 1. The molecule has 0 bridgehead atoms. The molecule has 2 unspecified atom stereocenters. The summed E-state index contributed by atoms with van der Waals surface area (Å²) in [7, 11) is -1.08. The van der Waals surface area contributed by atoms with Crippen LogP contribution in [0.15, 0.2) is 72.8 Å². The molecule has 3 aromatic carbocycles. The van der Waals surface area contributed by atoms with Crippen molar-refractivity contribution in [2.45, 2.75) is 45.3 Å². The van der Waals surface area contributed by atoms with Crippen LogP contribution in [0.25, 0.3) is 0 Å². The number of sulfonamides is 1. The van der Waals surface area contributed by atoms with Crippen LogP contribution in [0.5, 0.6) is 11.5 Å². The maximum Gasteiger partial charge on any atom is 0.244 e. The van der Waals surface area contributed by atoms with Gasteiger partial charge < -0.3 is 19.7 Å². The summed E-state index contributed by atoms with van der Waals surface area (Å²) in [5.41, 5.74) is 1.59. The van der Waals surface area contributed by atoms with Crippen molar-refractivity contribution in [3.05, 3.63) is 89.7 Å². The minimum Gasteiger partial charge on any atom is -0.493 e. The fourth-order valence-electron chi connectivity index (χ4n) is 4.38. The standard InChI is InChI=1S/C31H38FN3O6S/c1-6-22(2)33-31(37)27(18-23-10-8-7-9-11-23)34(20-24-12-14-25(32)15-13-24)30(36)21-35(42(5,38)39)26-16-17-28(40-3)29(19-26)41-4/h7-17,19,22,27H,6,18,20-21H2,1-5H3,(H,33,37). The van der Waals surface area contributed by atoms with Gasteiger partial charge in [0.25, 0.3) is 0 Å². The van der Waals surface area contributed by atoms with Crippen molar-refractivity contribution in [1.82, 2.24) is 10.2 Å². The molecule has 0 saturated carbocycles. The van der Waals surface area contributed by atoms with E-state index in [1.807, 2.05) is 44.2 Å². The zero-order chi connectivity index (χ0) is 30.9. The van der Waals surface area contributed by atoms with E-state index >= 15 is 0 Å². The van der Waals surface area contributed by atoms with Crippen molar-refractivity contribution >= 4 is 27.5 Å². The molecule has 3 aromatic rings. The normalized spacial score (nSPS) is 12.6. The van der Waals surface area contributed by atoms with Crippen LogP contribution >= 0.6 is 0 Å². The molecule has 0 spiro atoms. The number of nitrogens with one attached hydrogen (secondary N) is 1. The molecular weight excluding hydrogens is 561 g/mol. The van der Waals surface area contributed by atoms with Gasteiger partial charge in [0, 0.05) is 25.1 Å². The highest BCUT2D eigenvalue weighted by molar-refractivity contribution is 7.92. The Morgan fingerprint density at radius 2 is 1.57 bits per heavy atom. The third-order valence-electron chi connectivity index (χ3n) is 6.87. The van der Waals surface area contributed by atoms with Crippen LogP contribution < -0.4 is 19.1 Å². The molecule has 0 radical (unpaired) electrons. The molecule has 9 nitrogen and oxygen atoms in total. The van der Waals surface area contributed by atoms with E-state index in [2.05, 4.69) is 5.32 Å². The van der Waals surface area contributed by atoms with Crippen LogP contribution in [0.4, 0.5) is 10.1 Å². The molecule has 2 atom stereocenters. The van der Waals surface area contributed by atoms with Crippen molar-refractivity contribution < 1.29 is 31.9 Å². The average Bonchev–Trinajstić information content (AvgIpc) is 2.97. The molecule has 226 valence electrons. The van der Waals surface area contributed by atoms with Crippen molar-refractivity contribution in [1.29, 1.82) is 0 Å². The Hall–Kier alpha value is -4.12. The highest BCUT2D eigenvalue weighted by Crippen LogP contribution is 2.32. The second kappa shape index (κ2) is 14.7. The summed E-state index contributed by atoms with van der Waals surface area (Å²) in [6.45, 7) is 3.17. The van der Waals surface area contributed by atoms with Gasteiger partial charge in [0.1, 0.15) is 18.4 Å². The molecule has 2 amide bonds. The number of hydrogen-bond acceptors (Lipinski definition) is 6. The molecule has 11 heteroatoms. The number of amides is 2. The summed E-state index contributed by atoms with van der Waals surface area (Å²) >= 11 is 0. The maximum absolute atomic E-state index is 14.1. The first kappa shape index (κ1) is 32.4. The first-order chi connectivity index (χ1) is 20.0. The number of carbonyl (C=O) groups excluding carboxylic acids is 2. The topological polar surface area (TPSA) is 105 Å². The summed E-state index contributed by atoms with van der Waals surface area (Å²) in [6.07, 6.45) is 1.86. The van der Waals surface area contributed by atoms with Gasteiger partial charge in [-0.3, -0.25) is 13.9 Å². The average molecular weight is 600 g/mol. The predicted molar refractivity (Wildman–Crippen MR) is 161 cm³/mol. The number of nitrogens with zero attached hydrogens (tertiary/aromatic N) is 2. The van der Waals surface area contributed by atoms with Gasteiger partial charge in [-0.05, 0) is 48.7 Å². The predicted octanol–water partition coefficient (Wildman–Crippen LogP) is 4.16. The zero-order valence-electron chi connectivity index (χ0n) is 24.5. The third-order valence-corrected chi connectivity index (χ3v) is 8.01. The molecule has 0 aliphatic rings. The van der Waals surface area contributed by atoms with Gasteiger partial charge in [-0.25, -0.2) is 12.8 Å². The minimum absolute atomic E-state index is 0.0475. The van der Waals surface area contributed by atoms with Crippen molar-refractivity contribution in [3.8, 4) is 11.5 Å². The summed E-state index contributed by atoms with van der Waals surface area (Å²) < 4.78 is 51.2. The number of rotatable bonds is 14. The van der Waals surface area contributed by atoms with E-state index in [0.717, 1.165) is 16.1 Å². The number of ether oxygens (including phenoxy) is 2. The number of carbonyl (C=O) groups is 2. The SMILES string of the molecule is CCC(C)NC(=O)C(Cc1ccccc1)N(Cc1ccc(F)cc1)C(=O)CN(c1ccc(OC)c(OC)c1)S(C)(=O)=O.